The van der Waals surface area contributed by atoms with E-state index in [2.05, 4.69) is 9.46 Å². The molecule has 1 aromatic carbocycles. The monoisotopic (exact) mass is 319 g/mol. The number of nitrogens with two attached hydrogens (primary N) is 1. The summed E-state index contributed by atoms with van der Waals surface area (Å²) in [5.74, 6) is 0.200. The molecule has 20 heavy (non-hydrogen) atoms. The van der Waals surface area contributed by atoms with Crippen LogP contribution in [0.2, 0.25) is 0 Å². The minimum atomic E-state index is -4.20. The number of carbonyl (C=O) groups excluding carboxylic acids is 1. The summed E-state index contributed by atoms with van der Waals surface area (Å²) in [7, 11) is -1.82. The number of thiocarbonyl (C=S) groups is 1. The molecule has 0 unspecified atom stereocenters. The van der Waals surface area contributed by atoms with Gasteiger partial charge in [-0.1, -0.05) is 18.3 Å². The topological polar surface area (TPSA) is 120 Å². The molecule has 0 saturated heterocycles. The molecule has 0 aliphatic heterocycles. The van der Waals surface area contributed by atoms with Crippen molar-refractivity contribution in [2.75, 3.05) is 18.9 Å². The van der Waals surface area contributed by atoms with Gasteiger partial charge in [-0.3, -0.25) is 4.72 Å². The van der Waals surface area contributed by atoms with E-state index in [-0.39, 0.29) is 22.0 Å². The Hall–Kier alpha value is -2.07. The van der Waals surface area contributed by atoms with E-state index in [0.29, 0.717) is 0 Å². The highest BCUT2D eigenvalue weighted by molar-refractivity contribution is 7.91. The molecule has 0 aliphatic rings. The van der Waals surface area contributed by atoms with E-state index in [9.17, 15) is 13.2 Å². The summed E-state index contributed by atoms with van der Waals surface area (Å²) < 4.78 is 36.5. The number of hydrogen-bond donors (Lipinski definition) is 3. The van der Waals surface area contributed by atoms with Gasteiger partial charge in [0.1, 0.15) is 16.4 Å². The highest BCUT2D eigenvalue weighted by Gasteiger charge is 2.20. The summed E-state index contributed by atoms with van der Waals surface area (Å²) in [4.78, 5) is 10.9. The van der Waals surface area contributed by atoms with Crippen molar-refractivity contribution in [1.29, 1.82) is 0 Å². The van der Waals surface area contributed by atoms with Gasteiger partial charge < -0.3 is 15.2 Å². The second kappa shape index (κ2) is 6.39. The third kappa shape index (κ3) is 3.96. The van der Waals surface area contributed by atoms with Gasteiger partial charge in [-0.15, -0.1) is 0 Å². The van der Waals surface area contributed by atoms with Gasteiger partial charge in [0.15, 0.2) is 0 Å². The number of amides is 1. The molecular formula is C10H13N3O5S2. The van der Waals surface area contributed by atoms with Crippen molar-refractivity contribution in [3.05, 3.63) is 23.8 Å². The van der Waals surface area contributed by atoms with E-state index in [1.807, 2.05) is 0 Å². The Kier molecular flexibility index (Phi) is 5.11. The Morgan fingerprint density at radius 1 is 1.35 bits per heavy atom. The number of methoxy groups -OCH3 is 2. The molecule has 1 aromatic rings. The molecule has 8 nitrogen and oxygen atoms in total. The molecule has 0 aromatic heterocycles. The largest absolute Gasteiger partial charge is 0.495 e. The molecule has 0 fully saturated rings. The molecule has 0 radical (unpaired) electrons. The number of ether oxygens (including phenoxy) is 2. The standard InChI is InChI=1S/C10H13N3O5S2/c1-17-7-5-3-4-6(9(11)19)8(7)12-20(15,16)13-10(14)18-2/h3-5,12H,1-2H3,(H2,11,19)(H,13,14). The first-order valence-corrected chi connectivity index (χ1v) is 7.05. The predicted octanol–water partition coefficient (Wildman–Crippen LogP) is 0.342. The first-order valence-electron chi connectivity index (χ1n) is 5.16. The number of para-hydroxylation sites is 1. The number of anilines is 1. The Morgan fingerprint density at radius 2 is 2.00 bits per heavy atom. The molecule has 0 saturated carbocycles. The number of benzene rings is 1. The minimum Gasteiger partial charge on any atom is -0.495 e. The zero-order chi connectivity index (χ0) is 15.3. The first-order chi connectivity index (χ1) is 9.30. The van der Waals surface area contributed by atoms with E-state index in [0.717, 1.165) is 7.11 Å². The van der Waals surface area contributed by atoms with Crippen LogP contribution in [0.25, 0.3) is 0 Å². The lowest BCUT2D eigenvalue weighted by Crippen LogP contribution is -2.35. The van der Waals surface area contributed by atoms with Gasteiger partial charge in [0, 0.05) is 5.56 Å². The highest BCUT2D eigenvalue weighted by Crippen LogP contribution is 2.29. The van der Waals surface area contributed by atoms with Gasteiger partial charge in [-0.05, 0) is 12.1 Å². The van der Waals surface area contributed by atoms with E-state index in [1.54, 1.807) is 10.8 Å². The third-order valence-electron chi connectivity index (χ3n) is 2.15. The van der Waals surface area contributed by atoms with E-state index < -0.39 is 16.3 Å². The van der Waals surface area contributed by atoms with Gasteiger partial charge in [0.2, 0.25) is 0 Å². The lowest BCUT2D eigenvalue weighted by atomic mass is 10.1. The Bertz CT molecular complexity index is 630. The SMILES string of the molecule is COC(=O)NS(=O)(=O)Nc1c(OC)cccc1C(N)=S. The van der Waals surface area contributed by atoms with E-state index >= 15 is 0 Å². The van der Waals surface area contributed by atoms with Crippen LogP contribution in [0.1, 0.15) is 5.56 Å². The van der Waals surface area contributed by atoms with Crippen LogP contribution >= 0.6 is 12.2 Å². The molecule has 4 N–H and O–H groups in total. The van der Waals surface area contributed by atoms with Crippen LogP contribution in [0.15, 0.2) is 18.2 Å². The molecule has 0 bridgehead atoms. The van der Waals surface area contributed by atoms with Crippen LogP contribution < -0.4 is 19.9 Å². The molecule has 110 valence electrons. The maximum atomic E-state index is 11.7. The fourth-order valence-electron chi connectivity index (χ4n) is 1.32. The molecule has 0 heterocycles. The summed E-state index contributed by atoms with van der Waals surface area (Å²) in [5, 5.41) is 0. The maximum Gasteiger partial charge on any atom is 0.422 e. The maximum absolute atomic E-state index is 11.7. The average Bonchev–Trinajstić information content (AvgIpc) is 2.37. The van der Waals surface area contributed by atoms with Crippen molar-refractivity contribution in [3.63, 3.8) is 0 Å². The summed E-state index contributed by atoms with van der Waals surface area (Å²) in [6.45, 7) is 0. The second-order valence-corrected chi connectivity index (χ2v) is 5.30. The van der Waals surface area contributed by atoms with Crippen molar-refractivity contribution in [2.45, 2.75) is 0 Å². The average molecular weight is 319 g/mol. The van der Waals surface area contributed by atoms with Crippen LogP contribution in [0.5, 0.6) is 5.75 Å². The van der Waals surface area contributed by atoms with Gasteiger partial charge in [0.25, 0.3) is 0 Å². The molecule has 0 atom stereocenters. The van der Waals surface area contributed by atoms with Gasteiger partial charge in [-0.2, -0.15) is 8.42 Å². The van der Waals surface area contributed by atoms with Crippen molar-refractivity contribution in [2.24, 2.45) is 5.73 Å². The highest BCUT2D eigenvalue weighted by atomic mass is 32.2. The lowest BCUT2D eigenvalue weighted by Gasteiger charge is -2.15. The Balaban J connectivity index is 3.19. The zero-order valence-electron chi connectivity index (χ0n) is 10.7. The van der Waals surface area contributed by atoms with Gasteiger partial charge >= 0.3 is 16.3 Å². The fourth-order valence-corrected chi connectivity index (χ4v) is 2.33. The summed E-state index contributed by atoms with van der Waals surface area (Å²) >= 11 is 4.83. The van der Waals surface area contributed by atoms with Gasteiger partial charge in [-0.25, -0.2) is 9.52 Å². The molecule has 1 rings (SSSR count). The zero-order valence-corrected chi connectivity index (χ0v) is 12.3. The van der Waals surface area contributed by atoms with Crippen molar-refractivity contribution < 1.29 is 22.7 Å². The first kappa shape index (κ1) is 16.0. The van der Waals surface area contributed by atoms with E-state index in [1.165, 1.54) is 19.2 Å². The van der Waals surface area contributed by atoms with Crippen LogP contribution in [-0.2, 0) is 14.9 Å². The molecular weight excluding hydrogens is 306 g/mol. The number of hydrogen-bond acceptors (Lipinski definition) is 6. The molecule has 1 amide bonds. The number of nitrogens with one attached hydrogen (secondary N) is 2. The fraction of sp³-hybridized carbons (Fsp3) is 0.200. The molecule has 0 aliphatic carbocycles. The summed E-state index contributed by atoms with van der Waals surface area (Å²) in [6, 6.07) is 4.62. The quantitative estimate of drug-likeness (QED) is 0.669. The van der Waals surface area contributed by atoms with Crippen LogP contribution in [0, 0.1) is 0 Å². The van der Waals surface area contributed by atoms with Crippen LogP contribution in [0.4, 0.5) is 10.5 Å². The van der Waals surface area contributed by atoms with Crippen molar-refractivity contribution >= 4 is 39.2 Å². The van der Waals surface area contributed by atoms with E-state index in [4.69, 9.17) is 22.7 Å². The van der Waals surface area contributed by atoms with Crippen molar-refractivity contribution in [3.8, 4) is 5.75 Å². The van der Waals surface area contributed by atoms with Gasteiger partial charge in [0.05, 0.1) is 14.2 Å². The minimum absolute atomic E-state index is 0.0268. The Morgan fingerprint density at radius 3 is 2.50 bits per heavy atom. The Labute approximate surface area is 121 Å². The molecule has 0 spiro atoms. The van der Waals surface area contributed by atoms with Crippen LogP contribution in [-0.4, -0.2) is 33.7 Å². The summed E-state index contributed by atoms with van der Waals surface area (Å²) in [6.07, 6.45) is -1.13. The van der Waals surface area contributed by atoms with Crippen LogP contribution in [0.3, 0.4) is 0 Å². The second-order valence-electron chi connectivity index (χ2n) is 3.45. The normalized spacial score (nSPS) is 10.5. The lowest BCUT2D eigenvalue weighted by molar-refractivity contribution is 0.177. The summed E-state index contributed by atoms with van der Waals surface area (Å²) in [5.41, 5.74) is 5.80. The predicted molar refractivity (Wildman–Crippen MR) is 77.0 cm³/mol. The number of carbonyl (C=O) groups is 1. The molecule has 10 heteroatoms. The third-order valence-corrected chi connectivity index (χ3v) is 3.28. The smallest absolute Gasteiger partial charge is 0.422 e. The number of rotatable bonds is 5. The van der Waals surface area contributed by atoms with Crippen molar-refractivity contribution in [1.82, 2.24) is 4.72 Å².